The molecule has 1 aromatic carbocycles. The van der Waals surface area contributed by atoms with Crippen molar-refractivity contribution in [1.29, 1.82) is 0 Å². The van der Waals surface area contributed by atoms with Crippen molar-refractivity contribution < 1.29 is 24.2 Å². The third-order valence-electron chi connectivity index (χ3n) is 5.78. The number of hydrogen-bond acceptors (Lipinski definition) is 9. The van der Waals surface area contributed by atoms with Gasteiger partial charge in [-0.25, -0.2) is 14.8 Å². The Morgan fingerprint density at radius 2 is 1.78 bits per heavy atom. The van der Waals surface area contributed by atoms with Gasteiger partial charge in [0.25, 0.3) is 5.91 Å². The van der Waals surface area contributed by atoms with Crippen molar-refractivity contribution in [2.75, 3.05) is 11.5 Å². The number of aryl methyl sites for hydroxylation is 4. The molecule has 1 amide bonds. The number of Topliss-reactive ketones (excluding diaryl/α,β-unsaturated/α-hetero) is 1. The SMILES string of the molecule is C=CCOC(=O)c1sc(N2C(=O)C(O)=C(C(=O)c3sc(C)nc3C)C2c2ccc(CC)cc2)nc1C. The summed E-state index contributed by atoms with van der Waals surface area (Å²) in [7, 11) is 0. The summed E-state index contributed by atoms with van der Waals surface area (Å²) in [6.45, 7) is 10.8. The van der Waals surface area contributed by atoms with Crippen molar-refractivity contribution >= 4 is 45.5 Å². The number of hydrogen-bond donors (Lipinski definition) is 1. The molecule has 4 rings (SSSR count). The van der Waals surface area contributed by atoms with Gasteiger partial charge in [0, 0.05) is 0 Å². The van der Waals surface area contributed by atoms with Gasteiger partial charge in [-0.3, -0.25) is 14.5 Å². The average Bonchev–Trinajstić information content (AvgIpc) is 3.49. The maximum absolute atomic E-state index is 13.7. The van der Waals surface area contributed by atoms with Crippen LogP contribution >= 0.6 is 22.7 Å². The summed E-state index contributed by atoms with van der Waals surface area (Å²) in [6.07, 6.45) is 2.28. The zero-order chi connectivity index (χ0) is 26.1. The Bertz CT molecular complexity index is 1400. The molecule has 1 atom stereocenters. The van der Waals surface area contributed by atoms with E-state index in [0.717, 1.165) is 23.3 Å². The predicted molar refractivity (Wildman–Crippen MR) is 139 cm³/mol. The molecule has 10 heteroatoms. The fourth-order valence-corrected chi connectivity index (χ4v) is 5.89. The second-order valence-corrected chi connectivity index (χ2v) is 10.4. The Balaban J connectivity index is 1.84. The van der Waals surface area contributed by atoms with Gasteiger partial charge in [-0.2, -0.15) is 0 Å². The molecule has 186 valence electrons. The van der Waals surface area contributed by atoms with Crippen LogP contribution in [0.3, 0.4) is 0 Å². The van der Waals surface area contributed by atoms with Crippen molar-refractivity contribution in [3.8, 4) is 0 Å². The van der Waals surface area contributed by atoms with Crippen LogP contribution in [-0.2, 0) is 16.0 Å². The smallest absolute Gasteiger partial charge is 0.350 e. The molecule has 3 heterocycles. The standard InChI is InChI=1S/C26H25N3O5S2/c1-6-12-34-25(33)23-14(4)28-26(36-23)29-19(17-10-8-16(7-2)9-11-17)18(21(31)24(29)32)20(30)22-13(3)27-15(5)35-22/h6,8-11,19,31H,1,7,12H2,2-5H3. The van der Waals surface area contributed by atoms with Crippen LogP contribution < -0.4 is 4.90 Å². The summed E-state index contributed by atoms with van der Waals surface area (Å²) >= 11 is 2.18. The van der Waals surface area contributed by atoms with Gasteiger partial charge in [-0.1, -0.05) is 55.2 Å². The Labute approximate surface area is 216 Å². The summed E-state index contributed by atoms with van der Waals surface area (Å²) in [4.78, 5) is 50.2. The van der Waals surface area contributed by atoms with Crippen LogP contribution in [0, 0.1) is 20.8 Å². The first-order valence-electron chi connectivity index (χ1n) is 11.3. The molecule has 1 N–H and O–H groups in total. The number of thiazole rings is 2. The van der Waals surface area contributed by atoms with E-state index in [1.807, 2.05) is 31.2 Å². The maximum Gasteiger partial charge on any atom is 0.350 e. The number of aliphatic hydroxyl groups excluding tert-OH is 1. The van der Waals surface area contributed by atoms with Crippen molar-refractivity contribution in [3.05, 3.63) is 85.5 Å². The number of esters is 1. The van der Waals surface area contributed by atoms with E-state index in [0.29, 0.717) is 26.8 Å². The van der Waals surface area contributed by atoms with Crippen molar-refractivity contribution in [1.82, 2.24) is 9.97 Å². The highest BCUT2D eigenvalue weighted by atomic mass is 32.1. The third kappa shape index (κ3) is 4.49. The largest absolute Gasteiger partial charge is 0.503 e. The predicted octanol–water partition coefficient (Wildman–Crippen LogP) is 5.21. The Morgan fingerprint density at radius 1 is 1.11 bits per heavy atom. The molecule has 1 aliphatic rings. The van der Waals surface area contributed by atoms with Gasteiger partial charge in [-0.05, 0) is 38.3 Å². The van der Waals surface area contributed by atoms with Gasteiger partial charge in [0.2, 0.25) is 5.78 Å². The summed E-state index contributed by atoms with van der Waals surface area (Å²) in [5.74, 6) is -2.45. The van der Waals surface area contributed by atoms with Crippen molar-refractivity contribution in [3.63, 3.8) is 0 Å². The zero-order valence-corrected chi connectivity index (χ0v) is 22.0. The van der Waals surface area contributed by atoms with Gasteiger partial charge in [-0.15, -0.1) is 11.3 Å². The number of nitrogens with zero attached hydrogens (tertiary/aromatic N) is 3. The minimum Gasteiger partial charge on any atom is -0.503 e. The van der Waals surface area contributed by atoms with E-state index in [4.69, 9.17) is 4.74 Å². The summed E-state index contributed by atoms with van der Waals surface area (Å²) in [5.41, 5.74) is 2.59. The molecular formula is C26H25N3O5S2. The average molecular weight is 524 g/mol. The van der Waals surface area contributed by atoms with E-state index in [1.54, 1.807) is 20.8 Å². The fourth-order valence-electron chi connectivity index (χ4n) is 4.02. The van der Waals surface area contributed by atoms with Crippen molar-refractivity contribution in [2.45, 2.75) is 40.2 Å². The number of aliphatic hydroxyl groups is 1. The highest BCUT2D eigenvalue weighted by Crippen LogP contribution is 2.44. The van der Waals surface area contributed by atoms with Gasteiger partial charge in [0.1, 0.15) is 11.5 Å². The lowest BCUT2D eigenvalue weighted by atomic mass is 9.94. The van der Waals surface area contributed by atoms with E-state index < -0.39 is 29.5 Å². The lowest BCUT2D eigenvalue weighted by molar-refractivity contribution is -0.117. The minimum absolute atomic E-state index is 0.0369. The summed E-state index contributed by atoms with van der Waals surface area (Å²) in [5, 5.41) is 11.9. The number of rotatable bonds is 8. The second kappa shape index (κ2) is 10.2. The number of benzene rings is 1. The van der Waals surface area contributed by atoms with E-state index >= 15 is 0 Å². The molecule has 0 bridgehead atoms. The number of carbonyl (C=O) groups excluding carboxylic acids is 3. The lowest BCUT2D eigenvalue weighted by Crippen LogP contribution is -2.31. The normalized spacial score (nSPS) is 15.5. The van der Waals surface area contributed by atoms with Crippen LogP contribution in [0.25, 0.3) is 0 Å². The fraction of sp³-hybridized carbons (Fsp3) is 0.269. The minimum atomic E-state index is -0.930. The summed E-state index contributed by atoms with van der Waals surface area (Å²) < 4.78 is 5.14. The second-order valence-electron chi connectivity index (χ2n) is 8.21. The molecule has 3 aromatic rings. The first-order chi connectivity index (χ1) is 17.2. The van der Waals surface area contributed by atoms with Gasteiger partial charge >= 0.3 is 5.97 Å². The quantitative estimate of drug-likeness (QED) is 0.245. The lowest BCUT2D eigenvalue weighted by Gasteiger charge is -2.24. The Hall–Kier alpha value is -3.63. The van der Waals surface area contributed by atoms with Crippen molar-refractivity contribution in [2.24, 2.45) is 0 Å². The molecule has 1 aliphatic heterocycles. The highest BCUT2D eigenvalue weighted by molar-refractivity contribution is 7.17. The maximum atomic E-state index is 13.7. The van der Waals surface area contributed by atoms with E-state index in [-0.39, 0.29) is 22.2 Å². The van der Waals surface area contributed by atoms with Crippen LogP contribution in [0.2, 0.25) is 0 Å². The molecular weight excluding hydrogens is 498 g/mol. The van der Waals surface area contributed by atoms with Crippen LogP contribution in [0.1, 0.15) is 59.8 Å². The van der Waals surface area contributed by atoms with Gasteiger partial charge < -0.3 is 9.84 Å². The molecule has 8 nitrogen and oxygen atoms in total. The molecule has 0 radical (unpaired) electrons. The first-order valence-corrected chi connectivity index (χ1v) is 12.9. The summed E-state index contributed by atoms with van der Waals surface area (Å²) in [6, 6.07) is 6.58. The Kier molecular flexibility index (Phi) is 7.18. The number of aromatic nitrogens is 2. The van der Waals surface area contributed by atoms with Gasteiger partial charge in [0.05, 0.1) is 32.9 Å². The number of amides is 1. The number of anilines is 1. The molecule has 36 heavy (non-hydrogen) atoms. The van der Waals surface area contributed by atoms with Crippen LogP contribution in [-0.4, -0.2) is 39.3 Å². The first kappa shape index (κ1) is 25.5. The molecule has 2 aromatic heterocycles. The highest BCUT2D eigenvalue weighted by Gasteiger charge is 2.46. The van der Waals surface area contributed by atoms with Crippen LogP contribution in [0.4, 0.5) is 5.13 Å². The topological polar surface area (TPSA) is 110 Å². The molecule has 0 saturated heterocycles. The monoisotopic (exact) mass is 523 g/mol. The molecule has 1 unspecified atom stereocenters. The molecule has 0 aliphatic carbocycles. The molecule has 0 spiro atoms. The third-order valence-corrected chi connectivity index (χ3v) is 7.98. The number of ether oxygens (including phenoxy) is 1. The van der Waals surface area contributed by atoms with Crippen LogP contribution in [0.15, 0.2) is 48.3 Å². The number of carbonyl (C=O) groups is 3. The molecule has 0 saturated carbocycles. The van der Waals surface area contributed by atoms with E-state index in [9.17, 15) is 19.5 Å². The van der Waals surface area contributed by atoms with Gasteiger partial charge in [0.15, 0.2) is 10.9 Å². The Morgan fingerprint density at radius 3 is 2.36 bits per heavy atom. The number of ketones is 1. The van der Waals surface area contributed by atoms with Crippen LogP contribution in [0.5, 0.6) is 0 Å². The molecule has 0 fully saturated rings. The van der Waals surface area contributed by atoms with E-state index in [2.05, 4.69) is 16.5 Å². The van der Waals surface area contributed by atoms with E-state index in [1.165, 1.54) is 22.3 Å². The zero-order valence-electron chi connectivity index (χ0n) is 20.3.